The molecule has 2 nitrogen and oxygen atoms in total. The quantitative estimate of drug-likeness (QED) is 0.776. The van der Waals surface area contributed by atoms with Crippen LogP contribution in [0.1, 0.15) is 26.3 Å². The Bertz CT molecular complexity index is 271. The minimum atomic E-state index is 0.504. The van der Waals surface area contributed by atoms with Gasteiger partial charge in [-0.05, 0) is 13.0 Å². The van der Waals surface area contributed by atoms with Gasteiger partial charge in [0.05, 0.1) is 6.61 Å². The average molecular weight is 193 g/mol. The molecule has 0 unspecified atom stereocenters. The average Bonchev–Trinajstić information content (AvgIpc) is 2.17. The number of hydrogen-bond donors (Lipinski definition) is 1. The van der Waals surface area contributed by atoms with Gasteiger partial charge in [-0.3, -0.25) is 0 Å². The van der Waals surface area contributed by atoms with Crippen LogP contribution in [0.15, 0.2) is 24.3 Å². The molecule has 0 heterocycles. The zero-order valence-electron chi connectivity index (χ0n) is 9.21. The number of ether oxygens (including phenoxy) is 1. The molecule has 0 amide bonds. The largest absolute Gasteiger partial charge is 0.494 e. The van der Waals surface area contributed by atoms with Gasteiger partial charge in [-0.1, -0.05) is 32.0 Å². The predicted molar refractivity (Wildman–Crippen MR) is 59.6 cm³/mol. The number of benzene rings is 1. The van der Waals surface area contributed by atoms with E-state index in [4.69, 9.17) is 4.74 Å². The van der Waals surface area contributed by atoms with E-state index in [-0.39, 0.29) is 0 Å². The Balaban J connectivity index is 2.64. The smallest absolute Gasteiger partial charge is 0.123 e. The van der Waals surface area contributed by atoms with Crippen LogP contribution < -0.4 is 10.1 Å². The van der Waals surface area contributed by atoms with E-state index >= 15 is 0 Å². The Hall–Kier alpha value is -1.02. The molecule has 14 heavy (non-hydrogen) atoms. The molecule has 1 rings (SSSR count). The van der Waals surface area contributed by atoms with Crippen molar-refractivity contribution < 1.29 is 4.74 Å². The lowest BCUT2D eigenvalue weighted by Gasteiger charge is -2.12. The second-order valence-electron chi connectivity index (χ2n) is 3.58. The third kappa shape index (κ3) is 3.38. The summed E-state index contributed by atoms with van der Waals surface area (Å²) in [4.78, 5) is 0. The SMILES string of the molecule is CCOc1ccccc1CNC(C)C. The molecule has 1 aromatic rings. The Labute approximate surface area is 86.3 Å². The maximum atomic E-state index is 5.53. The van der Waals surface area contributed by atoms with Crippen molar-refractivity contribution in [3.05, 3.63) is 29.8 Å². The highest BCUT2D eigenvalue weighted by molar-refractivity contribution is 5.33. The fourth-order valence-corrected chi connectivity index (χ4v) is 1.26. The summed E-state index contributed by atoms with van der Waals surface area (Å²) < 4.78 is 5.53. The molecule has 0 saturated heterocycles. The van der Waals surface area contributed by atoms with Gasteiger partial charge in [0.15, 0.2) is 0 Å². The van der Waals surface area contributed by atoms with E-state index < -0.39 is 0 Å². The Morgan fingerprint density at radius 3 is 2.64 bits per heavy atom. The first kappa shape index (κ1) is 11.1. The number of para-hydroxylation sites is 1. The van der Waals surface area contributed by atoms with E-state index in [9.17, 15) is 0 Å². The molecular formula is C12H19NO. The maximum absolute atomic E-state index is 5.53. The Kier molecular flexibility index (Phi) is 4.47. The molecule has 0 aliphatic carbocycles. The lowest BCUT2D eigenvalue weighted by molar-refractivity contribution is 0.335. The summed E-state index contributed by atoms with van der Waals surface area (Å²) in [7, 11) is 0. The monoisotopic (exact) mass is 193 g/mol. The minimum absolute atomic E-state index is 0.504. The third-order valence-electron chi connectivity index (χ3n) is 1.97. The van der Waals surface area contributed by atoms with Gasteiger partial charge in [0.1, 0.15) is 5.75 Å². The standard InChI is InChI=1S/C12H19NO/c1-4-14-12-8-6-5-7-11(12)9-13-10(2)3/h5-8,10,13H,4,9H2,1-3H3. The summed E-state index contributed by atoms with van der Waals surface area (Å²) in [5.41, 5.74) is 1.23. The van der Waals surface area contributed by atoms with Crippen LogP contribution in [0.2, 0.25) is 0 Å². The predicted octanol–water partition coefficient (Wildman–Crippen LogP) is 2.58. The van der Waals surface area contributed by atoms with Gasteiger partial charge in [0.2, 0.25) is 0 Å². The van der Waals surface area contributed by atoms with Gasteiger partial charge in [0, 0.05) is 18.2 Å². The molecule has 1 aromatic carbocycles. The highest BCUT2D eigenvalue weighted by atomic mass is 16.5. The molecular weight excluding hydrogens is 174 g/mol. The molecule has 0 aliphatic rings. The van der Waals surface area contributed by atoms with Crippen molar-refractivity contribution in [2.24, 2.45) is 0 Å². The van der Waals surface area contributed by atoms with Crippen LogP contribution in [0.25, 0.3) is 0 Å². The first-order chi connectivity index (χ1) is 6.74. The van der Waals surface area contributed by atoms with E-state index in [1.54, 1.807) is 0 Å². The number of hydrogen-bond acceptors (Lipinski definition) is 2. The molecule has 0 bridgehead atoms. The molecule has 0 atom stereocenters. The molecule has 0 aliphatic heterocycles. The van der Waals surface area contributed by atoms with Gasteiger partial charge in [-0.25, -0.2) is 0 Å². The van der Waals surface area contributed by atoms with Gasteiger partial charge in [-0.2, -0.15) is 0 Å². The van der Waals surface area contributed by atoms with E-state index in [1.807, 2.05) is 25.1 Å². The van der Waals surface area contributed by atoms with Crippen LogP contribution in [-0.4, -0.2) is 12.6 Å². The molecule has 0 aromatic heterocycles. The lowest BCUT2D eigenvalue weighted by Crippen LogP contribution is -2.22. The van der Waals surface area contributed by atoms with Crippen molar-refractivity contribution in [3.8, 4) is 5.75 Å². The van der Waals surface area contributed by atoms with Crippen LogP contribution in [0, 0.1) is 0 Å². The van der Waals surface area contributed by atoms with E-state index in [0.717, 1.165) is 18.9 Å². The van der Waals surface area contributed by atoms with Gasteiger partial charge in [0.25, 0.3) is 0 Å². The highest BCUT2D eigenvalue weighted by Gasteiger charge is 2.01. The van der Waals surface area contributed by atoms with Gasteiger partial charge >= 0.3 is 0 Å². The zero-order chi connectivity index (χ0) is 10.4. The summed E-state index contributed by atoms with van der Waals surface area (Å²) in [6, 6.07) is 8.66. The molecule has 1 N–H and O–H groups in total. The molecule has 2 heteroatoms. The second kappa shape index (κ2) is 5.66. The van der Waals surface area contributed by atoms with Crippen LogP contribution in [0.3, 0.4) is 0 Å². The van der Waals surface area contributed by atoms with Crippen LogP contribution >= 0.6 is 0 Å². The number of rotatable bonds is 5. The van der Waals surface area contributed by atoms with E-state index in [1.165, 1.54) is 5.56 Å². The molecule has 78 valence electrons. The second-order valence-corrected chi connectivity index (χ2v) is 3.58. The maximum Gasteiger partial charge on any atom is 0.123 e. The minimum Gasteiger partial charge on any atom is -0.494 e. The molecule has 0 saturated carbocycles. The fourth-order valence-electron chi connectivity index (χ4n) is 1.26. The van der Waals surface area contributed by atoms with Gasteiger partial charge in [-0.15, -0.1) is 0 Å². The molecule has 0 fully saturated rings. The molecule has 0 spiro atoms. The van der Waals surface area contributed by atoms with Gasteiger partial charge < -0.3 is 10.1 Å². The summed E-state index contributed by atoms with van der Waals surface area (Å²) in [6.45, 7) is 7.88. The highest BCUT2D eigenvalue weighted by Crippen LogP contribution is 2.17. The van der Waals surface area contributed by atoms with Crippen molar-refractivity contribution >= 4 is 0 Å². The van der Waals surface area contributed by atoms with E-state index in [0.29, 0.717) is 6.04 Å². The first-order valence-electron chi connectivity index (χ1n) is 5.18. The zero-order valence-corrected chi connectivity index (χ0v) is 9.21. The summed E-state index contributed by atoms with van der Waals surface area (Å²) in [6.07, 6.45) is 0. The third-order valence-corrected chi connectivity index (χ3v) is 1.97. The summed E-state index contributed by atoms with van der Waals surface area (Å²) in [5.74, 6) is 0.989. The Morgan fingerprint density at radius 1 is 1.29 bits per heavy atom. The molecule has 0 radical (unpaired) electrons. The first-order valence-corrected chi connectivity index (χ1v) is 5.18. The van der Waals surface area contributed by atoms with Crippen molar-refractivity contribution in [1.29, 1.82) is 0 Å². The van der Waals surface area contributed by atoms with Crippen LogP contribution in [-0.2, 0) is 6.54 Å². The number of nitrogens with one attached hydrogen (secondary N) is 1. The van der Waals surface area contributed by atoms with Crippen molar-refractivity contribution in [2.75, 3.05) is 6.61 Å². The summed E-state index contributed by atoms with van der Waals surface area (Å²) >= 11 is 0. The van der Waals surface area contributed by atoms with Crippen molar-refractivity contribution in [1.82, 2.24) is 5.32 Å². The van der Waals surface area contributed by atoms with Crippen molar-refractivity contribution in [2.45, 2.75) is 33.4 Å². The van der Waals surface area contributed by atoms with Crippen LogP contribution in [0.5, 0.6) is 5.75 Å². The lowest BCUT2D eigenvalue weighted by atomic mass is 10.2. The summed E-state index contributed by atoms with van der Waals surface area (Å²) in [5, 5.41) is 3.38. The fraction of sp³-hybridized carbons (Fsp3) is 0.500. The van der Waals surface area contributed by atoms with E-state index in [2.05, 4.69) is 25.2 Å². The normalized spacial score (nSPS) is 10.6. The van der Waals surface area contributed by atoms with Crippen molar-refractivity contribution in [3.63, 3.8) is 0 Å². The topological polar surface area (TPSA) is 21.3 Å². The van der Waals surface area contributed by atoms with Crippen LogP contribution in [0.4, 0.5) is 0 Å². The Morgan fingerprint density at radius 2 is 2.00 bits per heavy atom.